The van der Waals surface area contributed by atoms with Gasteiger partial charge >= 0.3 is 6.16 Å². The summed E-state index contributed by atoms with van der Waals surface area (Å²) in [5, 5.41) is -2.82. The van der Waals surface area contributed by atoms with Crippen LogP contribution in [0.2, 0.25) is 0 Å². The molecule has 2 fully saturated rings. The predicted octanol–water partition coefficient (Wildman–Crippen LogP) is 1.36. The average Bonchev–Trinajstić information content (AvgIpc) is 2.59. The maximum absolute atomic E-state index is 10.9. The van der Waals surface area contributed by atoms with E-state index in [1.54, 1.807) is 12.2 Å². The number of carbonyl (C=O) groups is 1. The Morgan fingerprint density at radius 2 is 1.62 bits per heavy atom. The number of fused-ring (bicyclic) bond motifs is 5. The van der Waals surface area contributed by atoms with E-state index in [0.29, 0.717) is 0 Å². The van der Waals surface area contributed by atoms with E-state index in [0.717, 1.165) is 0 Å². The van der Waals surface area contributed by atoms with Gasteiger partial charge in [0.2, 0.25) is 0 Å². The molecule has 0 N–H and O–H groups in total. The first-order valence-electron chi connectivity index (χ1n) is 3.70. The molecular weight excluding hydrogens is 219 g/mol. The van der Waals surface area contributed by atoms with E-state index in [9.17, 15) is 4.79 Å². The highest BCUT2D eigenvalue weighted by atomic mass is 35.5. The second-order valence-corrected chi connectivity index (χ2v) is 4.23. The zero-order chi connectivity index (χ0) is 9.27. The van der Waals surface area contributed by atoms with Gasteiger partial charge in [0.1, 0.15) is 12.2 Å². The molecule has 0 saturated carbocycles. The normalized spacial score (nSPS) is 56.3. The monoisotopic (exact) mass is 222 g/mol. The van der Waals surface area contributed by atoms with Gasteiger partial charge in [-0.05, 0) is 0 Å². The summed E-state index contributed by atoms with van der Waals surface area (Å²) in [4.78, 5) is 10.9. The number of carbonyl (C=O) groups excluding carboxylic acids is 1. The molecule has 70 valence electrons. The van der Waals surface area contributed by atoms with E-state index in [2.05, 4.69) is 0 Å². The van der Waals surface area contributed by atoms with Crippen LogP contribution in [-0.4, -0.2) is 28.5 Å². The molecule has 0 aliphatic carbocycles. The molecule has 0 aromatic carbocycles. The fourth-order valence-electron chi connectivity index (χ4n) is 1.78. The number of hydrogen-bond acceptors (Lipinski definition) is 4. The summed E-state index contributed by atoms with van der Waals surface area (Å²) in [6.45, 7) is 0. The Balaban J connectivity index is 2.15. The average molecular weight is 223 g/mol. The molecule has 3 heterocycles. The largest absolute Gasteiger partial charge is 0.512 e. The second-order valence-electron chi connectivity index (χ2n) is 3.11. The Morgan fingerprint density at radius 3 is 2.08 bits per heavy atom. The van der Waals surface area contributed by atoms with Crippen molar-refractivity contribution in [3.8, 4) is 0 Å². The SMILES string of the molecule is O=C1O[C@]2(Cl)[C@@H]3C=C[C@@H](O3)[C@@]2(Cl)O1. The molecule has 2 saturated heterocycles. The minimum absolute atomic E-state index is 0.525. The van der Waals surface area contributed by atoms with Crippen molar-refractivity contribution in [3.63, 3.8) is 0 Å². The Kier molecular flexibility index (Phi) is 1.20. The van der Waals surface area contributed by atoms with Gasteiger partial charge in [0.25, 0.3) is 10.1 Å². The standard InChI is InChI=1S/C7H4Cl2O4/c8-6-3-1-2-4(11-3)7(6,9)13-5(10)12-6/h1-4H/t3-,4+,6-,7-/m1/s1. The van der Waals surface area contributed by atoms with Gasteiger partial charge in [0.05, 0.1) is 0 Å². The third-order valence-electron chi connectivity index (χ3n) is 2.41. The van der Waals surface area contributed by atoms with Crippen LogP contribution in [0.25, 0.3) is 0 Å². The molecule has 4 atom stereocenters. The minimum Gasteiger partial charge on any atom is -0.402 e. The Hall–Kier alpha value is -0.450. The smallest absolute Gasteiger partial charge is 0.402 e. The first kappa shape index (κ1) is 7.91. The minimum atomic E-state index is -1.41. The van der Waals surface area contributed by atoms with E-state index >= 15 is 0 Å². The number of hydrogen-bond donors (Lipinski definition) is 0. The number of ether oxygens (including phenoxy) is 3. The van der Waals surface area contributed by atoms with Crippen LogP contribution in [0.5, 0.6) is 0 Å². The highest BCUT2D eigenvalue weighted by molar-refractivity contribution is 6.36. The molecule has 6 heteroatoms. The van der Waals surface area contributed by atoms with Crippen molar-refractivity contribution in [2.45, 2.75) is 22.3 Å². The molecule has 0 spiro atoms. The van der Waals surface area contributed by atoms with Gasteiger partial charge in [0.15, 0.2) is 0 Å². The summed E-state index contributed by atoms with van der Waals surface area (Å²) in [6, 6.07) is 0. The molecule has 0 aromatic heterocycles. The first-order chi connectivity index (χ1) is 6.06. The lowest BCUT2D eigenvalue weighted by Crippen LogP contribution is -2.49. The molecule has 13 heavy (non-hydrogen) atoms. The lowest BCUT2D eigenvalue weighted by atomic mass is 10.0. The van der Waals surface area contributed by atoms with Crippen LogP contribution in [0, 0.1) is 0 Å². The van der Waals surface area contributed by atoms with Crippen LogP contribution in [0.3, 0.4) is 0 Å². The maximum Gasteiger partial charge on any atom is 0.512 e. The summed E-state index contributed by atoms with van der Waals surface area (Å²) in [7, 11) is 0. The fourth-order valence-corrected chi connectivity index (χ4v) is 2.45. The maximum atomic E-state index is 10.9. The predicted molar refractivity (Wildman–Crippen MR) is 42.5 cm³/mol. The van der Waals surface area contributed by atoms with Crippen molar-refractivity contribution < 1.29 is 19.0 Å². The van der Waals surface area contributed by atoms with E-state index < -0.39 is 28.5 Å². The van der Waals surface area contributed by atoms with Crippen LogP contribution in [0.1, 0.15) is 0 Å². The molecule has 3 aliphatic heterocycles. The summed E-state index contributed by atoms with van der Waals surface area (Å²) in [5.74, 6) is 0. The quantitative estimate of drug-likeness (QED) is 0.353. The van der Waals surface area contributed by atoms with Gasteiger partial charge in [-0.25, -0.2) is 4.79 Å². The molecule has 3 rings (SSSR count). The Labute approximate surface area is 83.3 Å². The highest BCUT2D eigenvalue weighted by Crippen LogP contribution is 2.57. The van der Waals surface area contributed by atoms with Gasteiger partial charge in [-0.1, -0.05) is 35.4 Å². The van der Waals surface area contributed by atoms with Crippen molar-refractivity contribution in [3.05, 3.63) is 12.2 Å². The third kappa shape index (κ3) is 0.673. The number of halogens is 2. The van der Waals surface area contributed by atoms with Crippen molar-refractivity contribution in [2.75, 3.05) is 0 Å². The zero-order valence-electron chi connectivity index (χ0n) is 6.20. The van der Waals surface area contributed by atoms with Gasteiger partial charge in [0, 0.05) is 0 Å². The van der Waals surface area contributed by atoms with Crippen LogP contribution in [0.4, 0.5) is 4.79 Å². The Morgan fingerprint density at radius 1 is 1.15 bits per heavy atom. The van der Waals surface area contributed by atoms with Gasteiger partial charge in [-0.15, -0.1) is 0 Å². The van der Waals surface area contributed by atoms with Gasteiger partial charge in [-0.3, -0.25) is 0 Å². The van der Waals surface area contributed by atoms with E-state index in [1.807, 2.05) is 0 Å². The summed E-state index contributed by atoms with van der Waals surface area (Å²) in [5.41, 5.74) is 0. The van der Waals surface area contributed by atoms with E-state index in [1.165, 1.54) is 0 Å². The molecule has 3 aliphatic rings. The zero-order valence-corrected chi connectivity index (χ0v) is 7.71. The lowest BCUT2D eigenvalue weighted by Gasteiger charge is -2.28. The highest BCUT2D eigenvalue weighted by Gasteiger charge is 2.76. The Bertz CT molecular complexity index is 302. The summed E-state index contributed by atoms with van der Waals surface area (Å²) in [6.07, 6.45) is 1.51. The molecule has 0 unspecified atom stereocenters. The van der Waals surface area contributed by atoms with Crippen LogP contribution in [0.15, 0.2) is 12.2 Å². The number of rotatable bonds is 0. The molecule has 0 aromatic rings. The molecule has 0 amide bonds. The van der Waals surface area contributed by atoms with Gasteiger partial charge in [-0.2, -0.15) is 0 Å². The van der Waals surface area contributed by atoms with Crippen molar-refractivity contribution in [1.29, 1.82) is 0 Å². The number of alkyl halides is 2. The van der Waals surface area contributed by atoms with Crippen LogP contribution in [-0.2, 0) is 14.2 Å². The lowest BCUT2D eigenvalue weighted by molar-refractivity contribution is 0.0151. The topological polar surface area (TPSA) is 44.8 Å². The summed E-state index contributed by atoms with van der Waals surface area (Å²) < 4.78 is 14.9. The second kappa shape index (κ2) is 1.97. The third-order valence-corrected chi connectivity index (χ3v) is 3.66. The van der Waals surface area contributed by atoms with Crippen LogP contribution >= 0.6 is 23.2 Å². The molecular formula is C7H4Cl2O4. The van der Waals surface area contributed by atoms with Crippen molar-refractivity contribution in [2.24, 2.45) is 0 Å². The van der Waals surface area contributed by atoms with Crippen LogP contribution < -0.4 is 0 Å². The van der Waals surface area contributed by atoms with Crippen molar-refractivity contribution >= 4 is 29.4 Å². The van der Waals surface area contributed by atoms with Gasteiger partial charge < -0.3 is 14.2 Å². The van der Waals surface area contributed by atoms with E-state index in [4.69, 9.17) is 37.4 Å². The molecule has 2 bridgehead atoms. The summed E-state index contributed by atoms with van der Waals surface area (Å²) >= 11 is 12.0. The first-order valence-corrected chi connectivity index (χ1v) is 4.45. The molecule has 0 radical (unpaired) electrons. The molecule has 4 nitrogen and oxygen atoms in total. The van der Waals surface area contributed by atoms with Crippen molar-refractivity contribution in [1.82, 2.24) is 0 Å². The fraction of sp³-hybridized carbons (Fsp3) is 0.571. The van der Waals surface area contributed by atoms with E-state index in [-0.39, 0.29) is 0 Å².